The van der Waals surface area contributed by atoms with Gasteiger partial charge in [-0.1, -0.05) is 12.1 Å². The normalized spacial score (nSPS) is 15.8. The Balaban J connectivity index is 2.04. The van der Waals surface area contributed by atoms with E-state index in [0.29, 0.717) is 18.8 Å². The average molecular weight is 400 g/mol. The summed E-state index contributed by atoms with van der Waals surface area (Å²) in [7, 11) is -3.32. The predicted octanol–water partition coefficient (Wildman–Crippen LogP) is 1.06. The molecule has 0 aromatic heterocycles. The molecule has 150 valence electrons. The van der Waals surface area contributed by atoms with Crippen LogP contribution < -0.4 is 10.6 Å². The Hall–Kier alpha value is -2.20. The molecule has 1 aliphatic heterocycles. The lowest BCUT2D eigenvalue weighted by atomic mass is 10.1. The third kappa shape index (κ3) is 5.16. The van der Waals surface area contributed by atoms with Gasteiger partial charge in [-0.25, -0.2) is 12.8 Å². The van der Waals surface area contributed by atoms with Crippen molar-refractivity contribution in [3.63, 3.8) is 0 Å². The highest BCUT2D eigenvalue weighted by atomic mass is 32.2. The molecule has 0 spiro atoms. The number of benzene rings is 1. The zero-order chi connectivity index (χ0) is 20.2. The molecular formula is C17H25FN4O4S. The van der Waals surface area contributed by atoms with Crippen LogP contribution in [0.3, 0.4) is 0 Å². The number of nitrogens with one attached hydrogen (secondary N) is 1. The molecule has 0 amide bonds. The molecule has 0 bridgehead atoms. The maximum Gasteiger partial charge on any atom is 0.313 e. The fourth-order valence-electron chi connectivity index (χ4n) is 2.77. The van der Waals surface area contributed by atoms with Crippen molar-refractivity contribution in [3.05, 3.63) is 29.6 Å². The smallest absolute Gasteiger partial charge is 0.313 e. The predicted molar refractivity (Wildman–Crippen MR) is 101 cm³/mol. The molecule has 1 fully saturated rings. The lowest BCUT2D eigenvalue weighted by molar-refractivity contribution is -0.143. The third-order valence-electron chi connectivity index (χ3n) is 4.32. The topological polar surface area (TPSA) is 117 Å². The molecule has 1 aromatic carbocycles. The SMILES string of the molecule is CC(C)S(=O)(=O)N1CCN(c2cccc(COC(=O)CC(=N)N)c2F)CC1. The van der Waals surface area contributed by atoms with E-state index >= 15 is 0 Å². The van der Waals surface area contributed by atoms with Crippen molar-refractivity contribution < 1.29 is 22.3 Å². The number of nitrogens with zero attached hydrogens (tertiary/aromatic N) is 2. The standard InChI is InChI=1S/C17H25FN4O4S/c1-12(2)27(24,25)22-8-6-21(7-9-22)14-5-3-4-13(17(14)18)11-26-16(23)10-15(19)20/h3-5,12H,6-11H2,1-2H3,(H3,19,20). The molecule has 1 aliphatic rings. The molecule has 1 heterocycles. The van der Waals surface area contributed by atoms with E-state index in [9.17, 15) is 17.6 Å². The Morgan fingerprint density at radius 2 is 1.93 bits per heavy atom. The fraction of sp³-hybridized carbons (Fsp3) is 0.529. The number of piperazine rings is 1. The summed E-state index contributed by atoms with van der Waals surface area (Å²) in [4.78, 5) is 13.3. The van der Waals surface area contributed by atoms with Gasteiger partial charge in [-0.3, -0.25) is 10.2 Å². The largest absolute Gasteiger partial charge is 0.460 e. The first-order valence-corrected chi connectivity index (χ1v) is 10.1. The van der Waals surface area contributed by atoms with Gasteiger partial charge in [0.25, 0.3) is 0 Å². The van der Waals surface area contributed by atoms with Crippen LogP contribution in [0.25, 0.3) is 0 Å². The summed E-state index contributed by atoms with van der Waals surface area (Å²) in [6.45, 7) is 4.34. The Bertz CT molecular complexity index is 805. The first-order valence-electron chi connectivity index (χ1n) is 8.62. The summed E-state index contributed by atoms with van der Waals surface area (Å²) in [6.07, 6.45) is -0.340. The Kier molecular flexibility index (Phi) is 6.77. The number of nitrogens with two attached hydrogens (primary N) is 1. The van der Waals surface area contributed by atoms with Crippen molar-refractivity contribution >= 4 is 27.5 Å². The molecule has 0 unspecified atom stereocenters. The van der Waals surface area contributed by atoms with E-state index in [2.05, 4.69) is 0 Å². The van der Waals surface area contributed by atoms with Crippen LogP contribution in [0.2, 0.25) is 0 Å². The van der Waals surface area contributed by atoms with Crippen molar-refractivity contribution in [2.24, 2.45) is 5.73 Å². The van der Waals surface area contributed by atoms with Crippen LogP contribution in [-0.4, -0.2) is 56.0 Å². The van der Waals surface area contributed by atoms with Gasteiger partial charge in [0.15, 0.2) is 5.82 Å². The van der Waals surface area contributed by atoms with E-state index in [1.54, 1.807) is 30.9 Å². The van der Waals surface area contributed by atoms with Gasteiger partial charge in [0, 0.05) is 31.7 Å². The first kappa shape index (κ1) is 21.1. The van der Waals surface area contributed by atoms with Crippen LogP contribution in [0.15, 0.2) is 18.2 Å². The summed E-state index contributed by atoms with van der Waals surface area (Å²) >= 11 is 0. The highest BCUT2D eigenvalue weighted by molar-refractivity contribution is 7.89. The molecule has 8 nitrogen and oxygen atoms in total. The van der Waals surface area contributed by atoms with Gasteiger partial charge < -0.3 is 15.4 Å². The van der Waals surface area contributed by atoms with Crippen molar-refractivity contribution in [2.45, 2.75) is 32.1 Å². The monoisotopic (exact) mass is 400 g/mol. The number of carbonyl (C=O) groups is 1. The van der Waals surface area contributed by atoms with Crippen LogP contribution >= 0.6 is 0 Å². The second-order valence-electron chi connectivity index (χ2n) is 6.59. The van der Waals surface area contributed by atoms with E-state index in [0.717, 1.165) is 0 Å². The molecule has 1 aromatic rings. The van der Waals surface area contributed by atoms with E-state index < -0.39 is 27.1 Å². The number of hydrogen-bond acceptors (Lipinski definition) is 6. The van der Waals surface area contributed by atoms with Crippen molar-refractivity contribution in [1.29, 1.82) is 5.41 Å². The Morgan fingerprint density at radius 3 is 2.48 bits per heavy atom. The number of amidine groups is 1. The number of anilines is 1. The Labute approximate surface area is 158 Å². The zero-order valence-electron chi connectivity index (χ0n) is 15.4. The van der Waals surface area contributed by atoms with Crippen LogP contribution in [0, 0.1) is 11.2 Å². The van der Waals surface area contributed by atoms with Gasteiger partial charge in [-0.05, 0) is 19.9 Å². The zero-order valence-corrected chi connectivity index (χ0v) is 16.3. The Morgan fingerprint density at radius 1 is 1.30 bits per heavy atom. The number of rotatable bonds is 7. The molecule has 0 saturated carbocycles. The van der Waals surface area contributed by atoms with Gasteiger partial charge >= 0.3 is 5.97 Å². The van der Waals surface area contributed by atoms with Gasteiger partial charge in [0.2, 0.25) is 10.0 Å². The van der Waals surface area contributed by atoms with E-state index in [1.165, 1.54) is 10.4 Å². The van der Waals surface area contributed by atoms with Crippen molar-refractivity contribution in [2.75, 3.05) is 31.1 Å². The minimum Gasteiger partial charge on any atom is -0.460 e. The van der Waals surface area contributed by atoms with Gasteiger partial charge in [-0.15, -0.1) is 0 Å². The second kappa shape index (κ2) is 8.66. The molecule has 27 heavy (non-hydrogen) atoms. The minimum absolute atomic E-state index is 0.210. The van der Waals surface area contributed by atoms with E-state index in [1.807, 2.05) is 0 Å². The molecule has 1 saturated heterocycles. The molecule has 10 heteroatoms. The summed E-state index contributed by atoms with van der Waals surface area (Å²) in [5, 5.41) is 6.56. The summed E-state index contributed by atoms with van der Waals surface area (Å²) in [6, 6.07) is 4.78. The first-order chi connectivity index (χ1) is 12.6. The van der Waals surface area contributed by atoms with Crippen LogP contribution in [0.4, 0.5) is 10.1 Å². The lowest BCUT2D eigenvalue weighted by Crippen LogP contribution is -2.50. The maximum absolute atomic E-state index is 14.8. The summed E-state index contributed by atoms with van der Waals surface area (Å²) in [5.41, 5.74) is 5.68. The maximum atomic E-state index is 14.8. The van der Waals surface area contributed by atoms with Crippen molar-refractivity contribution in [1.82, 2.24) is 4.31 Å². The highest BCUT2D eigenvalue weighted by Gasteiger charge is 2.30. The summed E-state index contributed by atoms with van der Waals surface area (Å²) < 4.78 is 45.6. The highest BCUT2D eigenvalue weighted by Crippen LogP contribution is 2.25. The third-order valence-corrected chi connectivity index (χ3v) is 6.59. The van der Waals surface area contributed by atoms with E-state index in [-0.39, 0.29) is 37.5 Å². The quantitative estimate of drug-likeness (QED) is 0.401. The van der Waals surface area contributed by atoms with Gasteiger partial charge in [0.1, 0.15) is 18.9 Å². The number of esters is 1. The number of halogens is 1. The number of hydrogen-bond donors (Lipinski definition) is 2. The average Bonchev–Trinajstić information content (AvgIpc) is 2.60. The van der Waals surface area contributed by atoms with Crippen LogP contribution in [-0.2, 0) is 26.2 Å². The molecule has 3 N–H and O–H groups in total. The molecule has 0 atom stereocenters. The molecule has 2 rings (SSSR count). The van der Waals surface area contributed by atoms with Crippen LogP contribution in [0.1, 0.15) is 25.8 Å². The van der Waals surface area contributed by atoms with Crippen molar-refractivity contribution in [3.8, 4) is 0 Å². The second-order valence-corrected chi connectivity index (χ2v) is 9.08. The number of ether oxygens (including phenoxy) is 1. The summed E-state index contributed by atoms with van der Waals surface area (Å²) in [5.74, 6) is -1.52. The molecule has 0 radical (unpaired) electrons. The van der Waals surface area contributed by atoms with Gasteiger partial charge in [-0.2, -0.15) is 4.31 Å². The number of carbonyl (C=O) groups excluding carboxylic acids is 1. The van der Waals surface area contributed by atoms with Gasteiger partial charge in [0.05, 0.1) is 10.9 Å². The van der Waals surface area contributed by atoms with E-state index in [4.69, 9.17) is 15.9 Å². The molecule has 0 aliphatic carbocycles. The van der Waals surface area contributed by atoms with Crippen LogP contribution in [0.5, 0.6) is 0 Å². The minimum atomic E-state index is -3.32. The fourth-order valence-corrected chi connectivity index (χ4v) is 4.04. The molecular weight excluding hydrogens is 375 g/mol. The lowest BCUT2D eigenvalue weighted by Gasteiger charge is -2.36. The number of sulfonamides is 1.